The van der Waals surface area contributed by atoms with Gasteiger partial charge in [0.1, 0.15) is 17.7 Å². The predicted octanol–water partition coefficient (Wildman–Crippen LogP) is 3.39. The molecule has 0 saturated carbocycles. The number of nitrogens with zero attached hydrogens (tertiary/aromatic N) is 2. The van der Waals surface area contributed by atoms with Crippen LogP contribution in [0.3, 0.4) is 0 Å². The fourth-order valence-corrected chi connectivity index (χ4v) is 1.91. The third-order valence-corrected chi connectivity index (χ3v) is 2.98. The number of benzene rings is 2. The minimum absolute atomic E-state index is 0.0275. The van der Waals surface area contributed by atoms with Crippen molar-refractivity contribution in [1.82, 2.24) is 0 Å². The van der Waals surface area contributed by atoms with Crippen molar-refractivity contribution in [2.45, 2.75) is 0 Å². The van der Waals surface area contributed by atoms with Crippen LogP contribution < -0.4 is 5.32 Å². The van der Waals surface area contributed by atoms with Crippen LogP contribution in [0.5, 0.6) is 0 Å². The highest BCUT2D eigenvalue weighted by Gasteiger charge is 2.10. The number of anilines is 1. The van der Waals surface area contributed by atoms with E-state index >= 15 is 0 Å². The second-order valence-electron chi connectivity index (χ2n) is 4.35. The maximum atomic E-state index is 11.2. The predicted molar refractivity (Wildman–Crippen MR) is 81.8 cm³/mol. The summed E-state index contributed by atoms with van der Waals surface area (Å²) in [5.74, 6) is -0.978. The maximum absolute atomic E-state index is 11.2. The molecule has 0 aliphatic rings. The fourth-order valence-electron chi connectivity index (χ4n) is 1.91. The number of hydrogen-bond donors (Lipinski definition) is 2. The molecule has 2 aromatic carbocycles. The summed E-state index contributed by atoms with van der Waals surface area (Å²) in [6, 6.07) is 17.3. The van der Waals surface area contributed by atoms with Gasteiger partial charge in [-0.3, -0.25) is 0 Å². The van der Waals surface area contributed by atoms with Crippen molar-refractivity contribution in [2.75, 3.05) is 5.32 Å². The quantitative estimate of drug-likeness (QED) is 0.841. The summed E-state index contributed by atoms with van der Waals surface area (Å²) in [6.45, 7) is 0. The van der Waals surface area contributed by atoms with Crippen LogP contribution >= 0.6 is 0 Å². The normalized spacial score (nSPS) is 9.18. The Morgan fingerprint density at radius 3 is 2.27 bits per heavy atom. The summed E-state index contributed by atoms with van der Waals surface area (Å²) in [7, 11) is 0. The first-order chi connectivity index (χ1) is 10.7. The number of nitriles is 2. The number of carbonyl (C=O) groups is 1. The van der Waals surface area contributed by atoms with Crippen molar-refractivity contribution in [1.29, 1.82) is 10.5 Å². The van der Waals surface area contributed by atoms with Gasteiger partial charge in [0.25, 0.3) is 0 Å². The van der Waals surface area contributed by atoms with Crippen LogP contribution in [-0.2, 0) is 0 Å². The van der Waals surface area contributed by atoms with E-state index in [4.69, 9.17) is 10.5 Å². The summed E-state index contributed by atoms with van der Waals surface area (Å²) < 4.78 is 0. The maximum Gasteiger partial charge on any atom is 0.336 e. The van der Waals surface area contributed by atoms with Gasteiger partial charge in [-0.1, -0.05) is 30.3 Å². The fraction of sp³-hybridized carbons (Fsp3) is 0. The van der Waals surface area contributed by atoms with Crippen LogP contribution in [0, 0.1) is 22.7 Å². The van der Waals surface area contributed by atoms with Crippen LogP contribution in [0.4, 0.5) is 5.69 Å². The molecule has 0 saturated heterocycles. The van der Waals surface area contributed by atoms with Crippen LogP contribution in [0.15, 0.2) is 60.3 Å². The monoisotopic (exact) mass is 289 g/mol. The van der Waals surface area contributed by atoms with Gasteiger partial charge < -0.3 is 10.4 Å². The minimum atomic E-state index is -0.978. The van der Waals surface area contributed by atoms with Crippen molar-refractivity contribution in [3.63, 3.8) is 0 Å². The number of aromatic carboxylic acids is 1. The van der Waals surface area contributed by atoms with E-state index in [0.717, 1.165) is 5.56 Å². The van der Waals surface area contributed by atoms with Crippen molar-refractivity contribution in [2.24, 2.45) is 0 Å². The van der Waals surface area contributed by atoms with Gasteiger partial charge in [0.2, 0.25) is 0 Å². The number of hydrogen-bond acceptors (Lipinski definition) is 4. The molecule has 2 N–H and O–H groups in total. The van der Waals surface area contributed by atoms with E-state index in [-0.39, 0.29) is 11.1 Å². The molecule has 106 valence electrons. The summed E-state index contributed by atoms with van der Waals surface area (Å²) in [6.07, 6.45) is 1.32. The lowest BCUT2D eigenvalue weighted by molar-refractivity contribution is 0.0697. The Labute approximate surface area is 127 Å². The van der Waals surface area contributed by atoms with Crippen LogP contribution in [-0.4, -0.2) is 11.1 Å². The summed E-state index contributed by atoms with van der Waals surface area (Å²) >= 11 is 0. The SMILES string of the molecule is N#CC(C#N)=CNc1ccc(-c2ccccc2C(=O)O)cc1. The molecule has 0 radical (unpaired) electrons. The summed E-state index contributed by atoms with van der Waals surface area (Å²) in [4.78, 5) is 11.2. The smallest absolute Gasteiger partial charge is 0.336 e. The Bertz CT molecular complexity index is 793. The molecule has 0 atom stereocenters. The molecule has 2 rings (SSSR count). The molecule has 5 heteroatoms. The van der Waals surface area contributed by atoms with Crippen molar-refractivity contribution in [3.05, 3.63) is 65.9 Å². The number of rotatable bonds is 4. The standard InChI is InChI=1S/C17H11N3O2/c18-9-12(10-19)11-20-14-7-5-13(6-8-14)15-3-1-2-4-16(15)17(21)22/h1-8,11,20H,(H,21,22). The van der Waals surface area contributed by atoms with Gasteiger partial charge in [-0.15, -0.1) is 0 Å². The first kappa shape index (κ1) is 14.8. The lowest BCUT2D eigenvalue weighted by Crippen LogP contribution is -1.99. The highest BCUT2D eigenvalue weighted by Crippen LogP contribution is 2.25. The molecule has 5 nitrogen and oxygen atoms in total. The second-order valence-corrected chi connectivity index (χ2v) is 4.35. The first-order valence-corrected chi connectivity index (χ1v) is 6.35. The third kappa shape index (κ3) is 3.30. The molecule has 0 heterocycles. The summed E-state index contributed by atoms with van der Waals surface area (Å²) in [5, 5.41) is 29.3. The molecular weight excluding hydrogens is 278 g/mol. The highest BCUT2D eigenvalue weighted by atomic mass is 16.4. The molecular formula is C17H11N3O2. The van der Waals surface area contributed by atoms with Gasteiger partial charge >= 0.3 is 5.97 Å². The zero-order valence-electron chi connectivity index (χ0n) is 11.4. The lowest BCUT2D eigenvalue weighted by atomic mass is 9.99. The lowest BCUT2D eigenvalue weighted by Gasteiger charge is -2.07. The topological polar surface area (TPSA) is 96.9 Å². The first-order valence-electron chi connectivity index (χ1n) is 6.35. The van der Waals surface area contributed by atoms with Crippen molar-refractivity contribution >= 4 is 11.7 Å². The van der Waals surface area contributed by atoms with Gasteiger partial charge in [0, 0.05) is 11.9 Å². The minimum Gasteiger partial charge on any atom is -0.478 e. The van der Waals surface area contributed by atoms with Gasteiger partial charge in [-0.2, -0.15) is 10.5 Å². The van der Waals surface area contributed by atoms with Crippen LogP contribution in [0.1, 0.15) is 10.4 Å². The van der Waals surface area contributed by atoms with E-state index < -0.39 is 5.97 Å². The zero-order valence-corrected chi connectivity index (χ0v) is 11.4. The molecule has 0 bridgehead atoms. The number of allylic oxidation sites excluding steroid dienone is 1. The number of nitrogens with one attached hydrogen (secondary N) is 1. The Morgan fingerprint density at radius 2 is 1.68 bits per heavy atom. The van der Waals surface area contributed by atoms with E-state index in [1.807, 2.05) is 0 Å². The molecule has 0 spiro atoms. The average molecular weight is 289 g/mol. The van der Waals surface area contributed by atoms with Crippen molar-refractivity contribution < 1.29 is 9.90 Å². The van der Waals surface area contributed by atoms with Gasteiger partial charge in [0.05, 0.1) is 5.56 Å². The molecule has 0 unspecified atom stereocenters. The van der Waals surface area contributed by atoms with Crippen molar-refractivity contribution in [3.8, 4) is 23.3 Å². The Balaban J connectivity index is 2.27. The van der Waals surface area contributed by atoms with E-state index in [1.165, 1.54) is 6.20 Å². The Kier molecular flexibility index (Phi) is 4.54. The zero-order chi connectivity index (χ0) is 15.9. The van der Waals surface area contributed by atoms with Gasteiger partial charge in [-0.25, -0.2) is 4.79 Å². The Morgan fingerprint density at radius 1 is 1.05 bits per heavy atom. The van der Waals surface area contributed by atoms with Crippen LogP contribution in [0.2, 0.25) is 0 Å². The van der Waals surface area contributed by atoms with Crippen LogP contribution in [0.25, 0.3) is 11.1 Å². The highest BCUT2D eigenvalue weighted by molar-refractivity contribution is 5.96. The Hall–Kier alpha value is -3.57. The molecule has 22 heavy (non-hydrogen) atoms. The van der Waals surface area contributed by atoms with E-state index in [0.29, 0.717) is 11.3 Å². The van der Waals surface area contributed by atoms with Gasteiger partial charge in [-0.05, 0) is 29.3 Å². The molecule has 0 aliphatic heterocycles. The number of carboxylic acids is 1. The average Bonchev–Trinajstić information content (AvgIpc) is 2.56. The molecule has 0 fully saturated rings. The van der Waals surface area contributed by atoms with E-state index in [2.05, 4.69) is 5.32 Å². The largest absolute Gasteiger partial charge is 0.478 e. The van der Waals surface area contributed by atoms with E-state index in [9.17, 15) is 9.90 Å². The van der Waals surface area contributed by atoms with E-state index in [1.54, 1.807) is 60.7 Å². The molecule has 0 aliphatic carbocycles. The van der Waals surface area contributed by atoms with Gasteiger partial charge in [0.15, 0.2) is 0 Å². The molecule has 2 aromatic rings. The second kappa shape index (κ2) is 6.74. The molecule has 0 amide bonds. The summed E-state index contributed by atoms with van der Waals surface area (Å²) in [5.41, 5.74) is 2.30. The molecule has 0 aromatic heterocycles. The third-order valence-electron chi connectivity index (χ3n) is 2.98. The number of carboxylic acid groups (broad SMARTS) is 1.